The summed E-state index contributed by atoms with van der Waals surface area (Å²) in [6.45, 7) is 1.90. The molecule has 1 aromatic rings. The number of aliphatic carboxylic acids is 1. The Kier molecular flexibility index (Phi) is 8.99. The minimum atomic E-state index is -4.72. The van der Waals surface area contributed by atoms with E-state index in [1.54, 1.807) is 6.07 Å². The minimum Gasteiger partial charge on any atom is -0.493 e. The van der Waals surface area contributed by atoms with E-state index >= 15 is 0 Å². The van der Waals surface area contributed by atoms with E-state index in [-0.39, 0.29) is 12.2 Å². The fraction of sp³-hybridized carbons (Fsp3) is 0.562. The Hall–Kier alpha value is -1.96. The summed E-state index contributed by atoms with van der Waals surface area (Å²) in [5.74, 6) is -0.755. The first-order chi connectivity index (χ1) is 11.4. The number of rotatable bonds is 12. The van der Waals surface area contributed by atoms with Crippen LogP contribution in [-0.4, -0.2) is 37.1 Å². The lowest BCUT2D eigenvalue weighted by Crippen LogP contribution is -2.19. The molecule has 8 heteroatoms. The molecular weight excluding hydrogens is 327 g/mol. The van der Waals surface area contributed by atoms with Crippen molar-refractivity contribution in [2.75, 3.05) is 19.7 Å². The standard InChI is InChI=1S/C16H22F3NO4/c17-16(18,19)24-14-7-4-6-13(12-14)23-11-5-10-20-9-3-1-2-8-15(21)22/h4,6-7,12,20H,1-3,5,8-11H2,(H,21,22). The van der Waals surface area contributed by atoms with Crippen molar-refractivity contribution in [1.82, 2.24) is 5.32 Å². The number of carboxylic acids is 1. The number of hydrogen-bond acceptors (Lipinski definition) is 4. The fourth-order valence-corrected chi connectivity index (χ4v) is 1.98. The third-order valence-corrected chi connectivity index (χ3v) is 3.05. The highest BCUT2D eigenvalue weighted by atomic mass is 19.4. The van der Waals surface area contributed by atoms with Crippen LogP contribution in [0.3, 0.4) is 0 Å². The highest BCUT2D eigenvalue weighted by Crippen LogP contribution is 2.25. The maximum atomic E-state index is 12.1. The first-order valence-electron chi connectivity index (χ1n) is 7.78. The molecule has 0 saturated heterocycles. The largest absolute Gasteiger partial charge is 0.573 e. The van der Waals surface area contributed by atoms with E-state index in [0.29, 0.717) is 25.2 Å². The van der Waals surface area contributed by atoms with E-state index in [2.05, 4.69) is 10.1 Å². The number of alkyl halides is 3. The van der Waals surface area contributed by atoms with E-state index in [1.165, 1.54) is 18.2 Å². The van der Waals surface area contributed by atoms with Gasteiger partial charge in [-0.15, -0.1) is 13.2 Å². The molecule has 0 atom stereocenters. The maximum absolute atomic E-state index is 12.1. The number of halogens is 3. The molecule has 0 fully saturated rings. The molecule has 0 bridgehead atoms. The second-order valence-corrected chi connectivity index (χ2v) is 5.18. The number of carboxylic acid groups (broad SMARTS) is 1. The Morgan fingerprint density at radius 3 is 2.50 bits per heavy atom. The quantitative estimate of drug-likeness (QED) is 0.565. The van der Waals surface area contributed by atoms with Gasteiger partial charge in [0.05, 0.1) is 6.61 Å². The van der Waals surface area contributed by atoms with Crippen molar-refractivity contribution in [1.29, 1.82) is 0 Å². The van der Waals surface area contributed by atoms with E-state index < -0.39 is 12.3 Å². The number of benzene rings is 1. The highest BCUT2D eigenvalue weighted by Gasteiger charge is 2.31. The zero-order valence-corrected chi connectivity index (χ0v) is 13.3. The summed E-state index contributed by atoms with van der Waals surface area (Å²) in [6.07, 6.45) is -1.36. The lowest BCUT2D eigenvalue weighted by atomic mass is 10.2. The van der Waals surface area contributed by atoms with Crippen LogP contribution in [0.25, 0.3) is 0 Å². The maximum Gasteiger partial charge on any atom is 0.573 e. The lowest BCUT2D eigenvalue weighted by Gasteiger charge is -2.11. The molecule has 136 valence electrons. The molecule has 1 aromatic carbocycles. The summed E-state index contributed by atoms with van der Waals surface area (Å²) < 4.78 is 45.5. The van der Waals surface area contributed by atoms with Gasteiger partial charge in [-0.2, -0.15) is 0 Å². The molecule has 0 heterocycles. The van der Waals surface area contributed by atoms with Crippen molar-refractivity contribution in [2.45, 2.75) is 38.5 Å². The smallest absolute Gasteiger partial charge is 0.493 e. The van der Waals surface area contributed by atoms with Crippen LogP contribution >= 0.6 is 0 Å². The lowest BCUT2D eigenvalue weighted by molar-refractivity contribution is -0.274. The Balaban J connectivity index is 2.07. The molecule has 2 N–H and O–H groups in total. The fourth-order valence-electron chi connectivity index (χ4n) is 1.98. The third-order valence-electron chi connectivity index (χ3n) is 3.05. The molecule has 24 heavy (non-hydrogen) atoms. The summed E-state index contributed by atoms with van der Waals surface area (Å²) in [4.78, 5) is 10.3. The second kappa shape index (κ2) is 10.7. The van der Waals surface area contributed by atoms with Gasteiger partial charge in [0.1, 0.15) is 11.5 Å². The third kappa shape index (κ3) is 10.7. The number of hydrogen-bond donors (Lipinski definition) is 2. The van der Waals surface area contributed by atoms with Gasteiger partial charge in [-0.25, -0.2) is 0 Å². The van der Waals surface area contributed by atoms with Crippen LogP contribution in [-0.2, 0) is 4.79 Å². The molecular formula is C16H22F3NO4. The van der Waals surface area contributed by atoms with Gasteiger partial charge in [-0.1, -0.05) is 12.5 Å². The molecule has 0 spiro atoms. The molecule has 0 amide bonds. The van der Waals surface area contributed by atoms with Gasteiger partial charge in [0.15, 0.2) is 0 Å². The Morgan fingerprint density at radius 2 is 1.79 bits per heavy atom. The van der Waals surface area contributed by atoms with Crippen molar-refractivity contribution in [3.05, 3.63) is 24.3 Å². The Morgan fingerprint density at radius 1 is 1.08 bits per heavy atom. The summed E-state index contributed by atoms with van der Waals surface area (Å²) in [7, 11) is 0. The Labute approximate surface area is 138 Å². The van der Waals surface area contributed by atoms with E-state index in [1.807, 2.05) is 0 Å². The summed E-state index contributed by atoms with van der Waals surface area (Å²) >= 11 is 0. The molecule has 0 unspecified atom stereocenters. The topological polar surface area (TPSA) is 67.8 Å². The molecule has 0 saturated carbocycles. The van der Waals surface area contributed by atoms with E-state index in [0.717, 1.165) is 25.9 Å². The van der Waals surface area contributed by atoms with Crippen LogP contribution in [0.1, 0.15) is 32.1 Å². The van der Waals surface area contributed by atoms with Crippen LogP contribution in [0, 0.1) is 0 Å². The molecule has 5 nitrogen and oxygen atoms in total. The summed E-state index contributed by atoms with van der Waals surface area (Å²) in [5, 5.41) is 11.7. The van der Waals surface area contributed by atoms with Crippen LogP contribution < -0.4 is 14.8 Å². The predicted octanol–water partition coefficient (Wildman–Crippen LogP) is 3.59. The molecule has 0 radical (unpaired) electrons. The van der Waals surface area contributed by atoms with Gasteiger partial charge in [-0.05, 0) is 44.5 Å². The van der Waals surface area contributed by atoms with Crippen molar-refractivity contribution in [2.24, 2.45) is 0 Å². The van der Waals surface area contributed by atoms with Crippen molar-refractivity contribution >= 4 is 5.97 Å². The van der Waals surface area contributed by atoms with Gasteiger partial charge in [-0.3, -0.25) is 4.79 Å². The second-order valence-electron chi connectivity index (χ2n) is 5.18. The van der Waals surface area contributed by atoms with Crippen molar-refractivity contribution in [3.8, 4) is 11.5 Å². The zero-order valence-electron chi connectivity index (χ0n) is 13.3. The molecule has 0 aromatic heterocycles. The van der Waals surface area contributed by atoms with Gasteiger partial charge in [0.25, 0.3) is 0 Å². The van der Waals surface area contributed by atoms with Crippen LogP contribution in [0.2, 0.25) is 0 Å². The van der Waals surface area contributed by atoms with E-state index in [9.17, 15) is 18.0 Å². The zero-order chi connectivity index (χ0) is 17.8. The monoisotopic (exact) mass is 349 g/mol. The number of carbonyl (C=O) groups is 1. The average Bonchev–Trinajstić information content (AvgIpc) is 2.47. The van der Waals surface area contributed by atoms with Gasteiger partial charge < -0.3 is 19.9 Å². The summed E-state index contributed by atoms with van der Waals surface area (Å²) in [5.41, 5.74) is 0. The van der Waals surface area contributed by atoms with Gasteiger partial charge >= 0.3 is 12.3 Å². The highest BCUT2D eigenvalue weighted by molar-refractivity contribution is 5.66. The predicted molar refractivity (Wildman–Crippen MR) is 82.2 cm³/mol. The molecule has 0 aliphatic heterocycles. The Bertz CT molecular complexity index is 494. The van der Waals surface area contributed by atoms with Crippen LogP contribution in [0.5, 0.6) is 11.5 Å². The number of unbranched alkanes of at least 4 members (excludes halogenated alkanes) is 2. The van der Waals surface area contributed by atoms with Crippen molar-refractivity contribution in [3.63, 3.8) is 0 Å². The summed E-state index contributed by atoms with van der Waals surface area (Å²) in [6, 6.07) is 5.42. The first-order valence-corrected chi connectivity index (χ1v) is 7.78. The molecule has 1 rings (SSSR count). The minimum absolute atomic E-state index is 0.199. The normalized spacial score (nSPS) is 11.3. The van der Waals surface area contributed by atoms with Crippen molar-refractivity contribution < 1.29 is 32.5 Å². The SMILES string of the molecule is O=C(O)CCCCCNCCCOc1cccc(OC(F)(F)F)c1. The van der Waals surface area contributed by atoms with Crippen LogP contribution in [0.4, 0.5) is 13.2 Å². The first kappa shape index (κ1) is 20.1. The van der Waals surface area contributed by atoms with Gasteiger partial charge in [0.2, 0.25) is 0 Å². The average molecular weight is 349 g/mol. The van der Waals surface area contributed by atoms with Gasteiger partial charge in [0, 0.05) is 12.5 Å². The molecule has 0 aliphatic carbocycles. The number of ether oxygens (including phenoxy) is 2. The number of nitrogens with one attached hydrogen (secondary N) is 1. The molecule has 0 aliphatic rings. The van der Waals surface area contributed by atoms with E-state index in [4.69, 9.17) is 9.84 Å². The van der Waals surface area contributed by atoms with Crippen LogP contribution in [0.15, 0.2) is 24.3 Å².